The molecule has 16 heavy (non-hydrogen) atoms. The molecule has 0 amide bonds. The minimum atomic E-state index is -0.321. The van der Waals surface area contributed by atoms with E-state index in [9.17, 15) is 4.39 Å². The first kappa shape index (κ1) is 11.9. The Bertz CT molecular complexity index is 491. The number of rotatable bonds is 1. The van der Waals surface area contributed by atoms with Crippen molar-refractivity contribution in [2.75, 3.05) is 0 Å². The summed E-state index contributed by atoms with van der Waals surface area (Å²) in [5.74, 6) is -0.321. The van der Waals surface area contributed by atoms with E-state index < -0.39 is 0 Å². The Morgan fingerprint density at radius 1 is 1.12 bits per heavy atom. The molecule has 0 N–H and O–H groups in total. The second-order valence-corrected chi connectivity index (χ2v) is 4.84. The van der Waals surface area contributed by atoms with Crippen LogP contribution in [0.4, 0.5) is 4.39 Å². The molecule has 0 aliphatic heterocycles. The monoisotopic (exact) mass is 317 g/mol. The Kier molecular flexibility index (Phi) is 3.53. The van der Waals surface area contributed by atoms with Crippen LogP contribution in [0.25, 0.3) is 11.1 Å². The standard InChI is InChI=1S/C12H5BrCl2F/c13-11-3-2-8(16)6-9(11)10-5-7(14)1-4-12(10)15/h2-6H. The molecule has 2 aromatic carbocycles. The average Bonchev–Trinajstić information content (AvgIpc) is 2.25. The number of hydrogen-bond acceptors (Lipinski definition) is 0. The first-order valence-electron chi connectivity index (χ1n) is 4.40. The Hall–Kier alpha value is -0.570. The summed E-state index contributed by atoms with van der Waals surface area (Å²) in [6, 6.07) is 10.4. The van der Waals surface area contributed by atoms with E-state index in [0.717, 1.165) is 4.47 Å². The molecule has 0 spiro atoms. The largest absolute Gasteiger partial charge is 0.207 e. The van der Waals surface area contributed by atoms with E-state index in [-0.39, 0.29) is 5.82 Å². The molecule has 4 heteroatoms. The second kappa shape index (κ2) is 4.74. The van der Waals surface area contributed by atoms with Gasteiger partial charge in [0.25, 0.3) is 0 Å². The Morgan fingerprint density at radius 3 is 2.62 bits per heavy atom. The fourth-order valence-electron chi connectivity index (χ4n) is 1.36. The van der Waals surface area contributed by atoms with Gasteiger partial charge in [0.05, 0.1) is 0 Å². The van der Waals surface area contributed by atoms with Gasteiger partial charge in [0, 0.05) is 31.7 Å². The summed E-state index contributed by atoms with van der Waals surface area (Å²) in [5, 5.41) is 0.922. The van der Waals surface area contributed by atoms with Crippen LogP contribution in [0.5, 0.6) is 0 Å². The minimum Gasteiger partial charge on any atom is -0.207 e. The quantitative estimate of drug-likeness (QED) is 0.663. The van der Waals surface area contributed by atoms with E-state index in [4.69, 9.17) is 23.2 Å². The fraction of sp³-hybridized carbons (Fsp3) is 0. The van der Waals surface area contributed by atoms with Crippen LogP contribution in [-0.2, 0) is 0 Å². The van der Waals surface area contributed by atoms with Gasteiger partial charge in [-0.2, -0.15) is 0 Å². The summed E-state index contributed by atoms with van der Waals surface area (Å²) in [4.78, 5) is 0. The molecule has 0 unspecified atom stereocenters. The molecule has 0 bridgehead atoms. The number of benzene rings is 2. The first-order valence-corrected chi connectivity index (χ1v) is 5.95. The molecule has 0 heterocycles. The molecule has 1 radical (unpaired) electrons. The van der Waals surface area contributed by atoms with Crippen LogP contribution >= 0.6 is 39.1 Å². The smallest absolute Gasteiger partial charge is 0.123 e. The molecule has 0 saturated heterocycles. The van der Waals surface area contributed by atoms with Gasteiger partial charge in [0.2, 0.25) is 0 Å². The lowest BCUT2D eigenvalue weighted by Crippen LogP contribution is -1.84. The van der Waals surface area contributed by atoms with E-state index >= 15 is 0 Å². The van der Waals surface area contributed by atoms with E-state index in [2.05, 4.69) is 22.0 Å². The van der Waals surface area contributed by atoms with Crippen LogP contribution in [0.2, 0.25) is 10.0 Å². The molecule has 2 aromatic rings. The highest BCUT2D eigenvalue weighted by Gasteiger charge is 2.09. The normalized spacial score (nSPS) is 10.5. The maximum atomic E-state index is 13.2. The van der Waals surface area contributed by atoms with Crippen LogP contribution < -0.4 is 0 Å². The van der Waals surface area contributed by atoms with Crippen molar-refractivity contribution in [1.29, 1.82) is 0 Å². The third-order valence-corrected chi connectivity index (χ3v) is 3.31. The van der Waals surface area contributed by atoms with Crippen molar-refractivity contribution in [3.05, 3.63) is 56.7 Å². The Labute approximate surface area is 111 Å². The molecule has 0 fully saturated rings. The molecule has 2 rings (SSSR count). The van der Waals surface area contributed by atoms with Crippen LogP contribution in [-0.4, -0.2) is 0 Å². The van der Waals surface area contributed by atoms with Crippen LogP contribution in [0.1, 0.15) is 0 Å². The van der Waals surface area contributed by atoms with Crippen molar-refractivity contribution in [3.8, 4) is 11.1 Å². The summed E-state index contributed by atoms with van der Waals surface area (Å²) < 4.78 is 13.9. The lowest BCUT2D eigenvalue weighted by Gasteiger charge is -2.07. The third kappa shape index (κ3) is 2.40. The van der Waals surface area contributed by atoms with Crippen molar-refractivity contribution in [2.45, 2.75) is 0 Å². The summed E-state index contributed by atoms with van der Waals surface area (Å²) in [6.07, 6.45) is 0. The topological polar surface area (TPSA) is 0 Å². The lowest BCUT2D eigenvalue weighted by molar-refractivity contribution is 0.628. The van der Waals surface area contributed by atoms with Gasteiger partial charge >= 0.3 is 0 Å². The molecular formula is C12H5BrCl2F. The Morgan fingerprint density at radius 2 is 1.88 bits per heavy atom. The van der Waals surface area contributed by atoms with E-state index in [0.29, 0.717) is 21.2 Å². The maximum Gasteiger partial charge on any atom is 0.123 e. The second-order valence-electron chi connectivity index (χ2n) is 3.17. The summed E-state index contributed by atoms with van der Waals surface area (Å²) in [6.45, 7) is 0. The highest BCUT2D eigenvalue weighted by molar-refractivity contribution is 9.10. The van der Waals surface area contributed by atoms with Crippen molar-refractivity contribution in [2.24, 2.45) is 0 Å². The predicted octanol–water partition coefficient (Wildman–Crippen LogP) is 5.36. The summed E-state index contributed by atoms with van der Waals surface area (Å²) >= 11 is 15.2. The van der Waals surface area contributed by atoms with Crippen LogP contribution in [0.15, 0.2) is 34.8 Å². The van der Waals surface area contributed by atoms with E-state index in [1.54, 1.807) is 18.2 Å². The summed E-state index contributed by atoms with van der Waals surface area (Å²) in [5.41, 5.74) is 1.35. The van der Waals surface area contributed by atoms with Gasteiger partial charge in [-0.1, -0.05) is 39.1 Å². The molecule has 81 valence electrons. The van der Waals surface area contributed by atoms with Gasteiger partial charge in [0.15, 0.2) is 0 Å². The molecule has 0 aromatic heterocycles. The summed E-state index contributed by atoms with van der Waals surface area (Å²) in [7, 11) is 0. The van der Waals surface area contributed by atoms with Crippen LogP contribution in [0, 0.1) is 11.9 Å². The van der Waals surface area contributed by atoms with Crippen LogP contribution in [0.3, 0.4) is 0 Å². The fourth-order valence-corrected chi connectivity index (χ4v) is 2.19. The molecular weight excluding hydrogens is 314 g/mol. The Balaban J connectivity index is 2.66. The molecule has 0 aliphatic rings. The molecule has 0 nitrogen and oxygen atoms in total. The lowest BCUT2D eigenvalue weighted by atomic mass is 10.1. The van der Waals surface area contributed by atoms with Crippen molar-refractivity contribution in [1.82, 2.24) is 0 Å². The van der Waals surface area contributed by atoms with Gasteiger partial charge < -0.3 is 0 Å². The van der Waals surface area contributed by atoms with Crippen molar-refractivity contribution >= 4 is 39.1 Å². The van der Waals surface area contributed by atoms with E-state index in [1.807, 2.05) is 0 Å². The molecule has 0 aliphatic carbocycles. The highest BCUT2D eigenvalue weighted by atomic mass is 79.9. The van der Waals surface area contributed by atoms with Gasteiger partial charge in [-0.3, -0.25) is 0 Å². The molecule has 0 saturated carbocycles. The zero-order valence-corrected chi connectivity index (χ0v) is 11.0. The number of hydrogen-bond donors (Lipinski definition) is 0. The first-order chi connectivity index (χ1) is 7.58. The SMILES string of the molecule is Fc1ccc(Br)c(-c2cc(Cl)[c]cc2Cl)c1. The average molecular weight is 319 g/mol. The molecule has 0 atom stereocenters. The van der Waals surface area contributed by atoms with Gasteiger partial charge in [-0.05, 0) is 30.3 Å². The predicted molar refractivity (Wildman–Crippen MR) is 68.4 cm³/mol. The van der Waals surface area contributed by atoms with Gasteiger partial charge in [-0.15, -0.1) is 0 Å². The zero-order valence-electron chi connectivity index (χ0n) is 7.90. The van der Waals surface area contributed by atoms with Gasteiger partial charge in [-0.25, -0.2) is 4.39 Å². The van der Waals surface area contributed by atoms with E-state index in [1.165, 1.54) is 12.1 Å². The highest BCUT2D eigenvalue weighted by Crippen LogP contribution is 2.35. The van der Waals surface area contributed by atoms with Crippen molar-refractivity contribution < 1.29 is 4.39 Å². The van der Waals surface area contributed by atoms with Gasteiger partial charge in [0.1, 0.15) is 5.82 Å². The zero-order chi connectivity index (χ0) is 11.7. The minimum absolute atomic E-state index is 0.321. The third-order valence-electron chi connectivity index (χ3n) is 2.08. The number of halogens is 4. The maximum absolute atomic E-state index is 13.2. The van der Waals surface area contributed by atoms with Crippen molar-refractivity contribution in [3.63, 3.8) is 0 Å².